The summed E-state index contributed by atoms with van der Waals surface area (Å²) in [5.41, 5.74) is 2.79. The molecule has 0 N–H and O–H groups in total. The van der Waals surface area contributed by atoms with Crippen LogP contribution in [-0.4, -0.2) is 12.2 Å². The molecule has 0 aromatic heterocycles. The molecule has 0 bridgehead atoms. The number of ether oxygens (including phenoxy) is 1. The largest absolute Gasteiger partial charge is 0.443 e. The fraction of sp³-hybridized carbons (Fsp3) is 0.0667. The predicted molar refractivity (Wildman–Crippen MR) is 69.7 cm³/mol. The SMILES string of the molecule is O=Cc1ccc(OC2=Nc3ccccc3C2)cc1. The number of rotatable bonds is 2. The molecule has 0 aliphatic carbocycles. The third-order valence-corrected chi connectivity index (χ3v) is 2.83. The number of aliphatic imine (C=N–C) groups is 1. The zero-order chi connectivity index (χ0) is 12.4. The van der Waals surface area contributed by atoms with Gasteiger partial charge in [0.15, 0.2) is 5.90 Å². The van der Waals surface area contributed by atoms with Gasteiger partial charge in [-0.1, -0.05) is 18.2 Å². The van der Waals surface area contributed by atoms with Crippen molar-refractivity contribution >= 4 is 17.9 Å². The maximum atomic E-state index is 10.5. The van der Waals surface area contributed by atoms with Gasteiger partial charge in [-0.2, -0.15) is 0 Å². The second kappa shape index (κ2) is 4.45. The lowest BCUT2D eigenvalue weighted by Gasteiger charge is -2.04. The van der Waals surface area contributed by atoms with Crippen LogP contribution in [0.15, 0.2) is 53.5 Å². The molecule has 18 heavy (non-hydrogen) atoms. The van der Waals surface area contributed by atoms with Gasteiger partial charge in [-0.15, -0.1) is 0 Å². The highest BCUT2D eigenvalue weighted by Crippen LogP contribution is 2.27. The molecule has 1 heterocycles. The third-order valence-electron chi connectivity index (χ3n) is 2.83. The van der Waals surface area contributed by atoms with Crippen molar-refractivity contribution in [3.63, 3.8) is 0 Å². The number of fused-ring (bicyclic) bond motifs is 1. The Balaban J connectivity index is 1.77. The van der Waals surface area contributed by atoms with Crippen molar-refractivity contribution in [3.8, 4) is 5.75 Å². The normalized spacial score (nSPS) is 12.8. The Morgan fingerprint density at radius 1 is 1.06 bits per heavy atom. The van der Waals surface area contributed by atoms with Crippen molar-refractivity contribution in [2.24, 2.45) is 4.99 Å². The fourth-order valence-corrected chi connectivity index (χ4v) is 1.92. The Morgan fingerprint density at radius 3 is 2.56 bits per heavy atom. The number of nitrogens with zero attached hydrogens (tertiary/aromatic N) is 1. The van der Waals surface area contributed by atoms with Crippen LogP contribution in [0, 0.1) is 0 Å². The van der Waals surface area contributed by atoms with Crippen LogP contribution < -0.4 is 4.74 Å². The molecule has 0 radical (unpaired) electrons. The average Bonchev–Trinajstić information content (AvgIpc) is 2.82. The summed E-state index contributed by atoms with van der Waals surface area (Å²) in [4.78, 5) is 15.0. The molecule has 0 saturated carbocycles. The molecule has 0 amide bonds. The molecule has 0 spiro atoms. The van der Waals surface area contributed by atoms with E-state index in [9.17, 15) is 4.79 Å². The molecule has 0 atom stereocenters. The van der Waals surface area contributed by atoms with E-state index in [2.05, 4.69) is 4.99 Å². The second-order valence-electron chi connectivity index (χ2n) is 4.10. The van der Waals surface area contributed by atoms with Gasteiger partial charge in [0.2, 0.25) is 0 Å². The molecule has 0 unspecified atom stereocenters. The summed E-state index contributed by atoms with van der Waals surface area (Å²) in [6, 6.07) is 15.0. The zero-order valence-corrected chi connectivity index (χ0v) is 9.67. The summed E-state index contributed by atoms with van der Waals surface area (Å²) in [6.07, 6.45) is 1.53. The minimum absolute atomic E-state index is 0.638. The quantitative estimate of drug-likeness (QED) is 0.752. The van der Waals surface area contributed by atoms with E-state index < -0.39 is 0 Å². The lowest BCUT2D eigenvalue weighted by molar-refractivity contribution is 0.112. The lowest BCUT2D eigenvalue weighted by atomic mass is 10.1. The molecule has 3 heteroatoms. The minimum Gasteiger partial charge on any atom is -0.443 e. The summed E-state index contributed by atoms with van der Waals surface area (Å²) in [7, 11) is 0. The van der Waals surface area contributed by atoms with Crippen LogP contribution in [0.2, 0.25) is 0 Å². The summed E-state index contributed by atoms with van der Waals surface area (Å²) < 4.78 is 5.69. The molecule has 3 nitrogen and oxygen atoms in total. The van der Waals surface area contributed by atoms with Crippen LogP contribution in [0.25, 0.3) is 0 Å². The summed E-state index contributed by atoms with van der Waals surface area (Å²) in [6.45, 7) is 0. The van der Waals surface area contributed by atoms with Crippen LogP contribution in [0.4, 0.5) is 5.69 Å². The minimum atomic E-state index is 0.638. The molecule has 1 aliphatic heterocycles. The number of para-hydroxylation sites is 1. The van der Waals surface area contributed by atoms with Crippen molar-refractivity contribution in [1.29, 1.82) is 0 Å². The Labute approximate surface area is 105 Å². The average molecular weight is 237 g/mol. The van der Waals surface area contributed by atoms with E-state index in [0.717, 1.165) is 12.0 Å². The van der Waals surface area contributed by atoms with Gasteiger partial charge < -0.3 is 4.74 Å². The molecule has 2 aromatic carbocycles. The van der Waals surface area contributed by atoms with E-state index in [4.69, 9.17) is 4.74 Å². The van der Waals surface area contributed by atoms with E-state index in [-0.39, 0.29) is 0 Å². The fourth-order valence-electron chi connectivity index (χ4n) is 1.92. The van der Waals surface area contributed by atoms with Crippen molar-refractivity contribution in [3.05, 3.63) is 59.7 Å². The number of carbonyl (C=O) groups excluding carboxylic acids is 1. The zero-order valence-electron chi connectivity index (χ0n) is 9.67. The van der Waals surface area contributed by atoms with E-state index in [0.29, 0.717) is 23.6 Å². The summed E-state index contributed by atoms with van der Waals surface area (Å²) in [5, 5.41) is 0. The monoisotopic (exact) mass is 237 g/mol. The lowest BCUT2D eigenvalue weighted by Crippen LogP contribution is -2.07. The molecule has 3 rings (SSSR count). The Hall–Kier alpha value is -2.42. The van der Waals surface area contributed by atoms with Crippen LogP contribution in [0.5, 0.6) is 5.75 Å². The van der Waals surface area contributed by atoms with Crippen molar-refractivity contribution in [1.82, 2.24) is 0 Å². The van der Waals surface area contributed by atoms with Gasteiger partial charge in [-0.3, -0.25) is 4.79 Å². The van der Waals surface area contributed by atoms with Gasteiger partial charge in [-0.05, 0) is 35.9 Å². The third kappa shape index (κ3) is 2.02. The smallest absolute Gasteiger partial charge is 0.199 e. The van der Waals surface area contributed by atoms with Crippen molar-refractivity contribution in [2.75, 3.05) is 0 Å². The number of hydrogen-bond donors (Lipinski definition) is 0. The molecular weight excluding hydrogens is 226 g/mol. The van der Waals surface area contributed by atoms with Gasteiger partial charge in [0.05, 0.1) is 12.1 Å². The maximum absolute atomic E-state index is 10.5. The summed E-state index contributed by atoms with van der Waals surface area (Å²) >= 11 is 0. The second-order valence-corrected chi connectivity index (χ2v) is 4.10. The van der Waals surface area contributed by atoms with Crippen LogP contribution in [0.1, 0.15) is 15.9 Å². The van der Waals surface area contributed by atoms with Gasteiger partial charge in [0, 0.05) is 5.56 Å². The number of aldehydes is 1. The maximum Gasteiger partial charge on any atom is 0.199 e. The number of hydrogen-bond acceptors (Lipinski definition) is 3. The Bertz CT molecular complexity index is 615. The first-order valence-electron chi connectivity index (χ1n) is 5.74. The Morgan fingerprint density at radius 2 is 1.83 bits per heavy atom. The van der Waals surface area contributed by atoms with Crippen molar-refractivity contribution < 1.29 is 9.53 Å². The van der Waals surface area contributed by atoms with Crippen LogP contribution in [0.3, 0.4) is 0 Å². The molecule has 88 valence electrons. The van der Waals surface area contributed by atoms with E-state index in [1.54, 1.807) is 24.3 Å². The number of carbonyl (C=O) groups is 1. The van der Waals surface area contributed by atoms with Crippen molar-refractivity contribution in [2.45, 2.75) is 6.42 Å². The van der Waals surface area contributed by atoms with E-state index >= 15 is 0 Å². The molecule has 2 aromatic rings. The Kier molecular flexibility index (Phi) is 2.65. The molecule has 1 aliphatic rings. The summed E-state index contributed by atoms with van der Waals surface area (Å²) in [5.74, 6) is 1.39. The van der Waals surface area contributed by atoms with Gasteiger partial charge in [-0.25, -0.2) is 4.99 Å². The van der Waals surface area contributed by atoms with Gasteiger partial charge in [0.25, 0.3) is 0 Å². The topological polar surface area (TPSA) is 38.7 Å². The highest BCUT2D eigenvalue weighted by Gasteiger charge is 2.15. The molecule has 0 fully saturated rings. The van der Waals surface area contributed by atoms with E-state index in [1.165, 1.54) is 5.56 Å². The first-order chi connectivity index (χ1) is 8.85. The standard InChI is InChI=1S/C15H11NO2/c17-10-11-5-7-13(8-6-11)18-15-9-12-3-1-2-4-14(12)16-15/h1-8,10H,9H2. The van der Waals surface area contributed by atoms with Crippen LogP contribution in [-0.2, 0) is 6.42 Å². The highest BCUT2D eigenvalue weighted by molar-refractivity contribution is 5.89. The van der Waals surface area contributed by atoms with E-state index in [1.807, 2.05) is 24.3 Å². The van der Waals surface area contributed by atoms with Crippen LogP contribution >= 0.6 is 0 Å². The number of benzene rings is 2. The molecule has 0 saturated heterocycles. The molecular formula is C15H11NO2. The first-order valence-corrected chi connectivity index (χ1v) is 5.74. The van der Waals surface area contributed by atoms with Gasteiger partial charge in [0.1, 0.15) is 12.0 Å². The highest BCUT2D eigenvalue weighted by atomic mass is 16.5. The first kappa shape index (κ1) is 10.7. The van der Waals surface area contributed by atoms with Gasteiger partial charge >= 0.3 is 0 Å². The predicted octanol–water partition coefficient (Wildman–Crippen LogP) is 3.16.